The summed E-state index contributed by atoms with van der Waals surface area (Å²) in [7, 11) is 1.42. The summed E-state index contributed by atoms with van der Waals surface area (Å²) < 4.78 is 34.5. The van der Waals surface area contributed by atoms with Gasteiger partial charge in [-0.15, -0.1) is 0 Å². The zero-order valence-corrected chi connectivity index (χ0v) is 15.2. The Hall–Kier alpha value is -2.45. The molecule has 3 rings (SSSR count). The van der Waals surface area contributed by atoms with Crippen molar-refractivity contribution < 1.29 is 27.9 Å². The highest BCUT2D eigenvalue weighted by Crippen LogP contribution is 2.18. The molecule has 8 heteroatoms. The molecule has 146 valence electrons. The number of aromatic nitrogens is 1. The highest BCUT2D eigenvalue weighted by molar-refractivity contribution is 5.78. The number of ether oxygens (including phenoxy) is 3. The number of carbonyl (C=O) groups is 1. The van der Waals surface area contributed by atoms with Gasteiger partial charge < -0.3 is 24.1 Å². The third-order valence-corrected chi connectivity index (χ3v) is 4.29. The van der Waals surface area contributed by atoms with Crippen LogP contribution in [0, 0.1) is 11.7 Å². The molecule has 27 heavy (non-hydrogen) atoms. The Morgan fingerprint density at radius 2 is 2.26 bits per heavy atom. The fourth-order valence-corrected chi connectivity index (χ4v) is 2.81. The molecule has 1 amide bonds. The van der Waals surface area contributed by atoms with E-state index in [1.165, 1.54) is 13.2 Å². The first-order valence-electron chi connectivity index (χ1n) is 8.83. The summed E-state index contributed by atoms with van der Waals surface area (Å²) >= 11 is 0. The molecule has 1 aliphatic rings. The van der Waals surface area contributed by atoms with Gasteiger partial charge in [0.15, 0.2) is 17.3 Å². The molecular weight excluding hydrogens is 355 g/mol. The van der Waals surface area contributed by atoms with Gasteiger partial charge in [-0.25, -0.2) is 4.39 Å². The molecule has 1 aromatic carbocycles. The lowest BCUT2D eigenvalue weighted by atomic mass is 10.1. The molecule has 1 aromatic heterocycles. The number of halogens is 1. The van der Waals surface area contributed by atoms with Crippen LogP contribution in [0.25, 0.3) is 0 Å². The second-order valence-corrected chi connectivity index (χ2v) is 6.46. The summed E-state index contributed by atoms with van der Waals surface area (Å²) in [6.45, 7) is 2.48. The number of benzene rings is 1. The maximum atomic E-state index is 13.6. The van der Waals surface area contributed by atoms with Crippen LogP contribution in [0.1, 0.15) is 23.4 Å². The van der Waals surface area contributed by atoms with Gasteiger partial charge in [0.25, 0.3) is 0 Å². The summed E-state index contributed by atoms with van der Waals surface area (Å²) in [4.78, 5) is 12.0. The summed E-state index contributed by atoms with van der Waals surface area (Å²) in [6, 6.07) is 6.33. The van der Waals surface area contributed by atoms with Crippen molar-refractivity contribution in [2.75, 3.05) is 26.9 Å². The van der Waals surface area contributed by atoms with E-state index in [0.717, 1.165) is 13.0 Å². The summed E-state index contributed by atoms with van der Waals surface area (Å²) in [5.41, 5.74) is 1.23. The van der Waals surface area contributed by atoms with E-state index in [-0.39, 0.29) is 31.3 Å². The zero-order valence-electron chi connectivity index (χ0n) is 15.2. The van der Waals surface area contributed by atoms with Crippen LogP contribution in [0.3, 0.4) is 0 Å². The molecule has 1 N–H and O–H groups in total. The molecule has 0 spiro atoms. The first-order valence-corrected chi connectivity index (χ1v) is 8.83. The van der Waals surface area contributed by atoms with Crippen molar-refractivity contribution in [1.82, 2.24) is 10.5 Å². The SMILES string of the molecule is COc1ccc(COCc2cc(CC(=O)NCC3CCOC3)no2)cc1F. The fraction of sp³-hybridized carbons (Fsp3) is 0.474. The molecule has 0 radical (unpaired) electrons. The molecule has 1 atom stereocenters. The third-order valence-electron chi connectivity index (χ3n) is 4.29. The van der Waals surface area contributed by atoms with E-state index in [4.69, 9.17) is 18.7 Å². The van der Waals surface area contributed by atoms with E-state index in [1.54, 1.807) is 18.2 Å². The van der Waals surface area contributed by atoms with Gasteiger partial charge in [0, 0.05) is 25.1 Å². The van der Waals surface area contributed by atoms with Gasteiger partial charge in [-0.2, -0.15) is 0 Å². The molecule has 1 unspecified atom stereocenters. The third kappa shape index (κ3) is 5.77. The Morgan fingerprint density at radius 3 is 3.00 bits per heavy atom. The largest absolute Gasteiger partial charge is 0.494 e. The lowest BCUT2D eigenvalue weighted by Crippen LogP contribution is -2.30. The first-order chi connectivity index (χ1) is 13.1. The quantitative estimate of drug-likeness (QED) is 0.721. The fourth-order valence-electron chi connectivity index (χ4n) is 2.81. The van der Waals surface area contributed by atoms with Crippen molar-refractivity contribution in [3.63, 3.8) is 0 Å². The van der Waals surface area contributed by atoms with Crippen LogP contribution in [-0.2, 0) is 33.9 Å². The summed E-state index contributed by atoms with van der Waals surface area (Å²) in [5, 5.41) is 6.77. The van der Waals surface area contributed by atoms with Crippen molar-refractivity contribution in [2.45, 2.75) is 26.1 Å². The Kier molecular flexibility index (Phi) is 6.78. The number of carbonyl (C=O) groups excluding carboxylic acids is 1. The molecule has 2 heterocycles. The van der Waals surface area contributed by atoms with E-state index < -0.39 is 5.82 Å². The molecule has 0 saturated carbocycles. The Labute approximate surface area is 156 Å². The van der Waals surface area contributed by atoms with E-state index in [2.05, 4.69) is 10.5 Å². The molecule has 0 bridgehead atoms. The molecule has 7 nitrogen and oxygen atoms in total. The second kappa shape index (κ2) is 9.48. The van der Waals surface area contributed by atoms with Crippen LogP contribution in [0.15, 0.2) is 28.8 Å². The minimum atomic E-state index is -0.435. The summed E-state index contributed by atoms with van der Waals surface area (Å²) in [5.74, 6) is 0.554. The maximum absolute atomic E-state index is 13.6. The predicted molar refractivity (Wildman–Crippen MR) is 93.6 cm³/mol. The monoisotopic (exact) mass is 378 g/mol. The number of rotatable bonds is 9. The normalized spacial score (nSPS) is 16.4. The van der Waals surface area contributed by atoms with E-state index in [0.29, 0.717) is 36.1 Å². The Balaban J connectivity index is 1.39. The molecule has 1 fully saturated rings. The Morgan fingerprint density at radius 1 is 1.37 bits per heavy atom. The van der Waals surface area contributed by atoms with Crippen LogP contribution in [-0.4, -0.2) is 37.9 Å². The number of amides is 1. The highest BCUT2D eigenvalue weighted by atomic mass is 19.1. The van der Waals surface area contributed by atoms with E-state index in [9.17, 15) is 9.18 Å². The number of hydrogen-bond acceptors (Lipinski definition) is 6. The standard InChI is InChI=1S/C19H23FN2O5/c1-24-18-3-2-13(6-17(18)20)10-26-12-16-7-15(22-27-16)8-19(23)21-9-14-4-5-25-11-14/h2-3,6-7,14H,4-5,8-12H2,1H3,(H,21,23). The van der Waals surface area contributed by atoms with Crippen LogP contribution in [0.4, 0.5) is 4.39 Å². The minimum absolute atomic E-state index is 0.101. The average molecular weight is 378 g/mol. The van der Waals surface area contributed by atoms with Gasteiger partial charge >= 0.3 is 0 Å². The van der Waals surface area contributed by atoms with Crippen molar-refractivity contribution in [1.29, 1.82) is 0 Å². The van der Waals surface area contributed by atoms with Crippen molar-refractivity contribution in [3.05, 3.63) is 47.1 Å². The van der Waals surface area contributed by atoms with Gasteiger partial charge in [-0.1, -0.05) is 11.2 Å². The van der Waals surface area contributed by atoms with Crippen LogP contribution < -0.4 is 10.1 Å². The Bertz CT molecular complexity index is 758. The minimum Gasteiger partial charge on any atom is -0.494 e. The zero-order chi connectivity index (χ0) is 19.1. The van der Waals surface area contributed by atoms with Gasteiger partial charge in [0.1, 0.15) is 6.61 Å². The highest BCUT2D eigenvalue weighted by Gasteiger charge is 2.17. The lowest BCUT2D eigenvalue weighted by molar-refractivity contribution is -0.120. The van der Waals surface area contributed by atoms with Crippen LogP contribution in [0.2, 0.25) is 0 Å². The van der Waals surface area contributed by atoms with Gasteiger partial charge in [-0.3, -0.25) is 4.79 Å². The number of methoxy groups -OCH3 is 1. The molecule has 1 aliphatic heterocycles. The van der Waals surface area contributed by atoms with E-state index in [1.807, 2.05) is 0 Å². The average Bonchev–Trinajstić information content (AvgIpc) is 3.32. The molecule has 0 aliphatic carbocycles. The maximum Gasteiger partial charge on any atom is 0.226 e. The van der Waals surface area contributed by atoms with Crippen LogP contribution in [0.5, 0.6) is 5.75 Å². The van der Waals surface area contributed by atoms with Gasteiger partial charge in [0.05, 0.1) is 32.4 Å². The van der Waals surface area contributed by atoms with Gasteiger partial charge in [-0.05, 0) is 24.1 Å². The second-order valence-electron chi connectivity index (χ2n) is 6.46. The van der Waals surface area contributed by atoms with Crippen molar-refractivity contribution in [3.8, 4) is 5.75 Å². The molecule has 2 aromatic rings. The number of nitrogens with zero attached hydrogens (tertiary/aromatic N) is 1. The molecular formula is C19H23FN2O5. The summed E-state index contributed by atoms with van der Waals surface area (Å²) in [6.07, 6.45) is 1.13. The predicted octanol–water partition coefficient (Wildman–Crippen LogP) is 2.23. The van der Waals surface area contributed by atoms with E-state index >= 15 is 0 Å². The number of nitrogens with one attached hydrogen (secondary N) is 1. The van der Waals surface area contributed by atoms with Gasteiger partial charge in [0.2, 0.25) is 5.91 Å². The smallest absolute Gasteiger partial charge is 0.226 e. The van der Waals surface area contributed by atoms with Crippen LogP contribution >= 0.6 is 0 Å². The van der Waals surface area contributed by atoms with Crippen molar-refractivity contribution in [2.24, 2.45) is 5.92 Å². The lowest BCUT2D eigenvalue weighted by Gasteiger charge is -2.08. The molecule has 1 saturated heterocycles. The van der Waals surface area contributed by atoms with Crippen molar-refractivity contribution >= 4 is 5.91 Å². The first kappa shape index (κ1) is 19.3. The topological polar surface area (TPSA) is 82.8 Å². The number of hydrogen-bond donors (Lipinski definition) is 1.